The van der Waals surface area contributed by atoms with Crippen molar-refractivity contribution in [1.82, 2.24) is 19.9 Å². The molecule has 35 heavy (non-hydrogen) atoms. The molecule has 2 aromatic rings. The van der Waals surface area contributed by atoms with Gasteiger partial charge in [0, 0.05) is 30.9 Å². The largest absolute Gasteiger partial charge is 0.349 e. The number of anilines is 1. The number of epoxide rings is 1. The molecule has 2 atom stereocenters. The van der Waals surface area contributed by atoms with Crippen molar-refractivity contribution >= 4 is 34.4 Å². The number of amides is 3. The van der Waals surface area contributed by atoms with Crippen LogP contribution in [0.3, 0.4) is 0 Å². The number of amidine groups is 1. The highest BCUT2D eigenvalue weighted by molar-refractivity contribution is 6.29. The van der Waals surface area contributed by atoms with E-state index in [0.717, 1.165) is 22.2 Å². The SMILES string of the molecule is CN1C2=NC(=O)NC(=O)C23OC3c2ccccc21.Cn1c2nc(=O)[nH]c(=O)c-2cc2ccccc21. The Morgan fingerprint density at radius 3 is 2.57 bits per heavy atom. The normalized spacial score (nSPS) is 21.8. The molecule has 0 aromatic heterocycles. The number of para-hydroxylation sites is 2. The van der Waals surface area contributed by atoms with Gasteiger partial charge in [0.05, 0.1) is 5.56 Å². The molecule has 1 spiro atoms. The van der Waals surface area contributed by atoms with Crippen LogP contribution in [0.4, 0.5) is 10.5 Å². The molecule has 0 aliphatic carbocycles. The van der Waals surface area contributed by atoms with Crippen molar-refractivity contribution in [3.8, 4) is 11.4 Å². The van der Waals surface area contributed by atoms with E-state index in [4.69, 9.17) is 4.74 Å². The number of pyridine rings is 1. The first-order valence-electron chi connectivity index (χ1n) is 10.7. The molecule has 1 fully saturated rings. The molecule has 0 bridgehead atoms. The number of hydrogen-bond acceptors (Lipinski definition) is 7. The van der Waals surface area contributed by atoms with Gasteiger partial charge < -0.3 is 14.2 Å². The smallest absolute Gasteiger partial charge is 0.343 e. The molecular formula is C24H18N6O5. The summed E-state index contributed by atoms with van der Waals surface area (Å²) < 4.78 is 7.34. The molecule has 1 saturated heterocycles. The Balaban J connectivity index is 0.000000131. The Labute approximate surface area is 197 Å². The molecular weight excluding hydrogens is 452 g/mol. The third kappa shape index (κ3) is 2.95. The van der Waals surface area contributed by atoms with Crippen molar-refractivity contribution in [3.05, 3.63) is 81.0 Å². The number of H-pyrrole nitrogens is 1. The number of carbonyl (C=O) groups excluding carboxylic acids is 2. The Kier molecular flexibility index (Phi) is 4.29. The predicted octanol–water partition coefficient (Wildman–Crippen LogP) is 1.32. The maximum Gasteiger partial charge on any atom is 0.349 e. The lowest BCUT2D eigenvalue weighted by Gasteiger charge is -2.32. The summed E-state index contributed by atoms with van der Waals surface area (Å²) in [5.74, 6) is 0.348. The van der Waals surface area contributed by atoms with Gasteiger partial charge in [-0.15, -0.1) is 0 Å². The molecule has 11 heteroatoms. The lowest BCUT2D eigenvalue weighted by molar-refractivity contribution is -0.123. The van der Waals surface area contributed by atoms with E-state index in [0.29, 0.717) is 17.2 Å². The summed E-state index contributed by atoms with van der Waals surface area (Å²) in [6, 6.07) is 16.4. The number of rotatable bonds is 0. The van der Waals surface area contributed by atoms with E-state index in [1.165, 1.54) is 0 Å². The number of imide groups is 1. The van der Waals surface area contributed by atoms with Crippen LogP contribution in [0.15, 0.2) is 69.2 Å². The summed E-state index contributed by atoms with van der Waals surface area (Å²) in [7, 11) is 3.57. The predicted molar refractivity (Wildman–Crippen MR) is 127 cm³/mol. The number of benzene rings is 2. The number of aliphatic imine (C=N–C) groups is 1. The van der Waals surface area contributed by atoms with Gasteiger partial charge in [-0.25, -0.2) is 9.59 Å². The molecule has 2 unspecified atom stereocenters. The van der Waals surface area contributed by atoms with Gasteiger partial charge in [0.25, 0.3) is 11.5 Å². The maximum absolute atomic E-state index is 12.0. The highest BCUT2D eigenvalue weighted by Crippen LogP contribution is 2.57. The number of ether oxygens (including phenoxy) is 1. The van der Waals surface area contributed by atoms with Gasteiger partial charge in [0.2, 0.25) is 5.60 Å². The second-order valence-electron chi connectivity index (χ2n) is 8.42. The second kappa shape index (κ2) is 7.18. The molecule has 2 N–H and O–H groups in total. The molecule has 0 radical (unpaired) electrons. The summed E-state index contributed by atoms with van der Waals surface area (Å²) in [5, 5.41) is 3.13. The Bertz CT molecular complexity index is 1690. The highest BCUT2D eigenvalue weighted by atomic mass is 16.6. The van der Waals surface area contributed by atoms with Crippen molar-refractivity contribution in [1.29, 1.82) is 0 Å². The number of urea groups is 1. The zero-order chi connectivity index (χ0) is 24.5. The molecule has 174 valence electrons. The van der Waals surface area contributed by atoms with Crippen LogP contribution < -0.4 is 21.5 Å². The standard InChI is InChI=1S/C12H9N3O3.C12H9N3O2/c1-15-7-5-3-2-4-6(7)8-12(18-8)9(15)13-11(17)14-10(12)16;1-15-9-5-3-2-4-7(9)6-8-10(15)13-12(17)14-11(8)16/h2-5,8H,1H3,(H,14,16,17);2-6H,1H3,(H,14,16,17). The highest BCUT2D eigenvalue weighted by Gasteiger charge is 2.72. The van der Waals surface area contributed by atoms with E-state index >= 15 is 0 Å². The van der Waals surface area contributed by atoms with Gasteiger partial charge >= 0.3 is 11.7 Å². The second-order valence-corrected chi connectivity index (χ2v) is 8.42. The third-order valence-electron chi connectivity index (χ3n) is 6.44. The van der Waals surface area contributed by atoms with Gasteiger partial charge in [0.1, 0.15) is 6.10 Å². The molecule has 5 aliphatic heterocycles. The minimum absolute atomic E-state index is 0.336. The first-order valence-corrected chi connectivity index (χ1v) is 10.7. The van der Waals surface area contributed by atoms with E-state index in [1.54, 1.807) is 29.6 Å². The topological polar surface area (TPSA) is 142 Å². The van der Waals surface area contributed by atoms with Gasteiger partial charge in [-0.3, -0.25) is 19.9 Å². The number of nitrogens with zero attached hydrogens (tertiary/aromatic N) is 4. The minimum Gasteiger partial charge on any atom is -0.343 e. The average Bonchev–Trinajstić information content (AvgIpc) is 3.60. The van der Waals surface area contributed by atoms with Gasteiger partial charge in [-0.1, -0.05) is 36.4 Å². The van der Waals surface area contributed by atoms with E-state index in [2.05, 4.69) is 20.3 Å². The summed E-state index contributed by atoms with van der Waals surface area (Å²) in [5.41, 5.74) is 1.09. The zero-order valence-electron chi connectivity index (χ0n) is 18.6. The molecule has 0 saturated carbocycles. The maximum atomic E-state index is 12.0. The van der Waals surface area contributed by atoms with Crippen LogP contribution in [-0.2, 0) is 16.6 Å². The van der Waals surface area contributed by atoms with E-state index in [1.807, 2.05) is 48.5 Å². The summed E-state index contributed by atoms with van der Waals surface area (Å²) in [6.07, 6.45) is -0.336. The summed E-state index contributed by atoms with van der Waals surface area (Å²) in [4.78, 5) is 57.9. The fourth-order valence-electron chi connectivity index (χ4n) is 4.75. The minimum atomic E-state index is -1.10. The summed E-state index contributed by atoms with van der Waals surface area (Å²) in [6.45, 7) is 0. The summed E-state index contributed by atoms with van der Waals surface area (Å²) >= 11 is 0. The Hall–Kier alpha value is -4.64. The van der Waals surface area contributed by atoms with Crippen molar-refractivity contribution < 1.29 is 14.3 Å². The van der Waals surface area contributed by atoms with Crippen LogP contribution in [0.25, 0.3) is 22.3 Å². The molecule has 5 heterocycles. The molecule has 7 rings (SSSR count). The third-order valence-corrected chi connectivity index (χ3v) is 6.44. The van der Waals surface area contributed by atoms with Gasteiger partial charge in [-0.2, -0.15) is 9.98 Å². The number of aryl methyl sites for hydroxylation is 1. The number of carbonyl (C=O) groups is 2. The number of likely N-dealkylation sites (N-methyl/N-ethyl adjacent to an activating group) is 1. The van der Waals surface area contributed by atoms with E-state index < -0.39 is 28.8 Å². The van der Waals surface area contributed by atoms with Crippen LogP contribution in [0.2, 0.25) is 0 Å². The van der Waals surface area contributed by atoms with Crippen molar-refractivity contribution in [2.75, 3.05) is 11.9 Å². The number of hydrogen-bond donors (Lipinski definition) is 2. The molecule has 2 aromatic carbocycles. The Morgan fingerprint density at radius 1 is 1.00 bits per heavy atom. The lowest BCUT2D eigenvalue weighted by atomic mass is 9.90. The van der Waals surface area contributed by atoms with Crippen LogP contribution >= 0.6 is 0 Å². The van der Waals surface area contributed by atoms with Crippen LogP contribution in [0, 0.1) is 0 Å². The molecule has 11 nitrogen and oxygen atoms in total. The van der Waals surface area contributed by atoms with Crippen LogP contribution in [-0.4, -0.2) is 45.0 Å². The fourth-order valence-corrected chi connectivity index (χ4v) is 4.75. The zero-order valence-corrected chi connectivity index (χ0v) is 18.6. The Morgan fingerprint density at radius 2 is 1.74 bits per heavy atom. The van der Waals surface area contributed by atoms with E-state index in [9.17, 15) is 19.2 Å². The molecule has 3 amide bonds. The van der Waals surface area contributed by atoms with E-state index in [-0.39, 0.29) is 6.10 Å². The number of aromatic amines is 1. The van der Waals surface area contributed by atoms with Crippen molar-refractivity contribution in [3.63, 3.8) is 0 Å². The monoisotopic (exact) mass is 470 g/mol. The first-order chi connectivity index (χ1) is 16.8. The van der Waals surface area contributed by atoms with Crippen LogP contribution in [0.5, 0.6) is 0 Å². The number of nitrogens with one attached hydrogen (secondary N) is 2. The number of aromatic nitrogens is 3. The van der Waals surface area contributed by atoms with Gasteiger partial charge in [0.15, 0.2) is 11.7 Å². The first kappa shape index (κ1) is 20.9. The number of fused-ring (bicyclic) bond motifs is 4. The fraction of sp³-hybridized carbons (Fsp3) is 0.167. The quantitative estimate of drug-likeness (QED) is 0.292. The van der Waals surface area contributed by atoms with Gasteiger partial charge in [-0.05, 0) is 23.6 Å². The average molecular weight is 470 g/mol. The van der Waals surface area contributed by atoms with Crippen molar-refractivity contribution in [2.24, 2.45) is 12.0 Å². The van der Waals surface area contributed by atoms with Crippen molar-refractivity contribution in [2.45, 2.75) is 11.7 Å². The molecule has 5 aliphatic rings. The van der Waals surface area contributed by atoms with Crippen LogP contribution in [0.1, 0.15) is 11.7 Å². The lowest BCUT2D eigenvalue weighted by Crippen LogP contribution is -2.57.